The van der Waals surface area contributed by atoms with Crippen LogP contribution in [-0.2, 0) is 16.2 Å². The molecule has 0 aliphatic rings. The minimum absolute atomic E-state index is 0.103. The van der Waals surface area contributed by atoms with Gasteiger partial charge in [-0.05, 0) is 50.5 Å². The first-order valence-corrected chi connectivity index (χ1v) is 10.6. The van der Waals surface area contributed by atoms with E-state index >= 15 is 0 Å². The number of aromatic hydroxyl groups is 1. The molecule has 0 amide bonds. The monoisotopic (exact) mass is 380 g/mol. The van der Waals surface area contributed by atoms with E-state index in [9.17, 15) is 5.11 Å². The molecule has 0 bridgehead atoms. The number of hydrogen-bond acceptors (Lipinski definition) is 1. The van der Waals surface area contributed by atoms with Crippen molar-refractivity contribution in [3.63, 3.8) is 0 Å². The Bertz CT molecular complexity index is 770. The zero-order valence-electron chi connectivity index (χ0n) is 19.7. The molecule has 0 spiro atoms. The van der Waals surface area contributed by atoms with Gasteiger partial charge in [-0.3, -0.25) is 0 Å². The highest BCUT2D eigenvalue weighted by atomic mass is 16.3. The zero-order chi connectivity index (χ0) is 21.5. The summed E-state index contributed by atoms with van der Waals surface area (Å²) < 4.78 is 0. The standard InChI is InChI=1S/C27H40O/c1-11-21(18-12-14-20(15-13-18)25(2,3)4)19-16-22(26(5,6)7)24(28)23(17-19)27(8,9)10/h12-17,21,28H,11H2,1-10H3. The van der Waals surface area contributed by atoms with E-state index in [1.54, 1.807) is 0 Å². The highest BCUT2D eigenvalue weighted by Gasteiger charge is 2.28. The number of rotatable bonds is 3. The summed E-state index contributed by atoms with van der Waals surface area (Å²) in [5, 5.41) is 11.0. The third-order valence-electron chi connectivity index (χ3n) is 5.74. The second-order valence-corrected chi connectivity index (χ2v) is 11.3. The van der Waals surface area contributed by atoms with Crippen molar-refractivity contribution in [2.75, 3.05) is 0 Å². The molecule has 1 atom stereocenters. The van der Waals surface area contributed by atoms with Gasteiger partial charge in [-0.15, -0.1) is 0 Å². The molecule has 1 N–H and O–H groups in total. The molecule has 0 saturated carbocycles. The quantitative estimate of drug-likeness (QED) is 0.575. The lowest BCUT2D eigenvalue weighted by atomic mass is 9.75. The van der Waals surface area contributed by atoms with Crippen molar-refractivity contribution in [1.29, 1.82) is 0 Å². The van der Waals surface area contributed by atoms with E-state index in [0.29, 0.717) is 11.7 Å². The molecule has 1 heteroatoms. The molecule has 0 aromatic heterocycles. The number of benzene rings is 2. The molecule has 1 nitrogen and oxygen atoms in total. The predicted octanol–water partition coefficient (Wildman–Crippen LogP) is 7.83. The van der Waals surface area contributed by atoms with Crippen LogP contribution >= 0.6 is 0 Å². The predicted molar refractivity (Wildman–Crippen MR) is 123 cm³/mol. The van der Waals surface area contributed by atoms with Crippen LogP contribution in [0.3, 0.4) is 0 Å². The first kappa shape index (κ1) is 22.5. The van der Waals surface area contributed by atoms with Crippen molar-refractivity contribution < 1.29 is 5.11 Å². The fourth-order valence-electron chi connectivity index (χ4n) is 3.88. The molecule has 0 saturated heterocycles. The van der Waals surface area contributed by atoms with Gasteiger partial charge in [-0.2, -0.15) is 0 Å². The van der Waals surface area contributed by atoms with Crippen LogP contribution in [0.15, 0.2) is 36.4 Å². The van der Waals surface area contributed by atoms with Crippen LogP contribution in [-0.4, -0.2) is 5.11 Å². The first-order chi connectivity index (χ1) is 12.7. The van der Waals surface area contributed by atoms with Crippen LogP contribution in [0, 0.1) is 0 Å². The molecule has 0 aliphatic carbocycles. The Hall–Kier alpha value is -1.76. The normalized spacial score (nSPS) is 14.2. The van der Waals surface area contributed by atoms with Crippen molar-refractivity contribution in [3.05, 3.63) is 64.2 Å². The van der Waals surface area contributed by atoms with Gasteiger partial charge in [0.2, 0.25) is 0 Å². The molecule has 0 aliphatic heterocycles. The summed E-state index contributed by atoms with van der Waals surface area (Å²) in [4.78, 5) is 0. The Morgan fingerprint density at radius 2 is 1.11 bits per heavy atom. The fourth-order valence-corrected chi connectivity index (χ4v) is 3.88. The molecule has 2 aromatic carbocycles. The third-order valence-corrected chi connectivity index (χ3v) is 5.74. The van der Waals surface area contributed by atoms with E-state index in [4.69, 9.17) is 0 Å². The summed E-state index contributed by atoms with van der Waals surface area (Å²) in [6.45, 7) is 22.1. The average Bonchev–Trinajstić information content (AvgIpc) is 2.54. The molecule has 2 rings (SSSR count). The highest BCUT2D eigenvalue weighted by Crippen LogP contribution is 2.42. The number of phenols is 1. The topological polar surface area (TPSA) is 20.2 Å². The van der Waals surface area contributed by atoms with Crippen molar-refractivity contribution in [2.45, 2.75) is 97.8 Å². The molecule has 1 unspecified atom stereocenters. The van der Waals surface area contributed by atoms with Gasteiger partial charge >= 0.3 is 0 Å². The van der Waals surface area contributed by atoms with Gasteiger partial charge in [0.15, 0.2) is 0 Å². The largest absolute Gasteiger partial charge is 0.507 e. The maximum atomic E-state index is 11.0. The smallest absolute Gasteiger partial charge is 0.123 e. The lowest BCUT2D eigenvalue weighted by Crippen LogP contribution is -2.18. The van der Waals surface area contributed by atoms with Crippen molar-refractivity contribution in [3.8, 4) is 5.75 Å². The Morgan fingerprint density at radius 1 is 0.679 bits per heavy atom. The fraction of sp³-hybridized carbons (Fsp3) is 0.556. The maximum Gasteiger partial charge on any atom is 0.123 e. The SMILES string of the molecule is CCC(c1ccc(C(C)(C)C)cc1)c1cc(C(C)(C)C)c(O)c(C(C)(C)C)c1. The molecule has 0 fully saturated rings. The van der Waals surface area contributed by atoms with Gasteiger partial charge in [-0.25, -0.2) is 0 Å². The minimum Gasteiger partial charge on any atom is -0.507 e. The summed E-state index contributed by atoms with van der Waals surface area (Å²) in [6.07, 6.45) is 1.03. The van der Waals surface area contributed by atoms with Crippen molar-refractivity contribution in [1.82, 2.24) is 0 Å². The summed E-state index contributed by atoms with van der Waals surface area (Å²) in [5.41, 5.74) is 6.06. The van der Waals surface area contributed by atoms with E-state index in [1.165, 1.54) is 16.7 Å². The second-order valence-electron chi connectivity index (χ2n) is 11.3. The summed E-state index contributed by atoms with van der Waals surface area (Å²) >= 11 is 0. The summed E-state index contributed by atoms with van der Waals surface area (Å²) in [5.74, 6) is 0.790. The van der Waals surface area contributed by atoms with Crippen LogP contribution in [0.25, 0.3) is 0 Å². The highest BCUT2D eigenvalue weighted by molar-refractivity contribution is 5.52. The maximum absolute atomic E-state index is 11.0. The van der Waals surface area contributed by atoms with Crippen molar-refractivity contribution >= 4 is 0 Å². The van der Waals surface area contributed by atoms with Gasteiger partial charge in [0.1, 0.15) is 5.75 Å². The molecular weight excluding hydrogens is 340 g/mol. The second kappa shape index (κ2) is 7.58. The van der Waals surface area contributed by atoms with Gasteiger partial charge in [0.05, 0.1) is 0 Å². The molecule has 0 radical (unpaired) electrons. The number of phenolic OH excluding ortho intramolecular Hbond substituents is 1. The van der Waals surface area contributed by atoms with E-state index in [-0.39, 0.29) is 16.2 Å². The Balaban J connectivity index is 2.63. The van der Waals surface area contributed by atoms with E-state index < -0.39 is 0 Å². The minimum atomic E-state index is -0.103. The van der Waals surface area contributed by atoms with Crippen LogP contribution < -0.4 is 0 Å². The lowest BCUT2D eigenvalue weighted by Gasteiger charge is -2.30. The number of hydrogen-bond donors (Lipinski definition) is 1. The van der Waals surface area contributed by atoms with Crippen LogP contribution in [0.5, 0.6) is 5.75 Å². The van der Waals surface area contributed by atoms with E-state index in [1.807, 2.05) is 0 Å². The van der Waals surface area contributed by atoms with Gasteiger partial charge < -0.3 is 5.11 Å². The van der Waals surface area contributed by atoms with Gasteiger partial charge in [0.25, 0.3) is 0 Å². The molecule has 2 aromatic rings. The Labute approximate surface area is 173 Å². The molecule has 154 valence electrons. The van der Waals surface area contributed by atoms with Crippen LogP contribution in [0.4, 0.5) is 0 Å². The molecule has 0 heterocycles. The van der Waals surface area contributed by atoms with Gasteiger partial charge in [0, 0.05) is 5.92 Å². The molecular formula is C27H40O. The lowest BCUT2D eigenvalue weighted by molar-refractivity contribution is 0.422. The van der Waals surface area contributed by atoms with Crippen LogP contribution in [0.1, 0.15) is 109 Å². The average molecular weight is 381 g/mol. The third kappa shape index (κ3) is 4.80. The molecule has 28 heavy (non-hydrogen) atoms. The van der Waals surface area contributed by atoms with E-state index in [2.05, 4.69) is 106 Å². The van der Waals surface area contributed by atoms with Gasteiger partial charge in [-0.1, -0.05) is 106 Å². The summed E-state index contributed by atoms with van der Waals surface area (Å²) in [6, 6.07) is 13.6. The van der Waals surface area contributed by atoms with Crippen LogP contribution in [0.2, 0.25) is 0 Å². The Morgan fingerprint density at radius 3 is 1.43 bits per heavy atom. The first-order valence-electron chi connectivity index (χ1n) is 10.6. The van der Waals surface area contributed by atoms with Crippen molar-refractivity contribution in [2.24, 2.45) is 0 Å². The summed E-state index contributed by atoms with van der Waals surface area (Å²) in [7, 11) is 0. The zero-order valence-corrected chi connectivity index (χ0v) is 19.7. The van der Waals surface area contributed by atoms with E-state index in [0.717, 1.165) is 17.5 Å². The Kier molecular flexibility index (Phi) is 6.10.